The minimum absolute atomic E-state index is 0.426. The van der Waals surface area contributed by atoms with Gasteiger partial charge in [-0.3, -0.25) is 0 Å². The highest BCUT2D eigenvalue weighted by Gasteiger charge is 2.08. The summed E-state index contributed by atoms with van der Waals surface area (Å²) >= 11 is 9.55. The van der Waals surface area contributed by atoms with E-state index in [-0.39, 0.29) is 0 Å². The molecule has 0 radical (unpaired) electrons. The van der Waals surface area contributed by atoms with Crippen molar-refractivity contribution in [3.63, 3.8) is 0 Å². The summed E-state index contributed by atoms with van der Waals surface area (Å²) in [5.74, 6) is 0.778. The largest absolute Gasteiger partial charge is 0.487 e. The van der Waals surface area contributed by atoms with Gasteiger partial charge >= 0.3 is 0 Å². The summed E-state index contributed by atoms with van der Waals surface area (Å²) in [6, 6.07) is 13.5. The fourth-order valence-electron chi connectivity index (χ4n) is 1.64. The van der Waals surface area contributed by atoms with Crippen LogP contribution in [0.4, 0.5) is 0 Å². The number of hydrogen-bond acceptors (Lipinski definition) is 2. The fourth-order valence-corrected chi connectivity index (χ4v) is 2.35. The molecule has 0 saturated heterocycles. The van der Waals surface area contributed by atoms with Crippen LogP contribution < -0.4 is 10.5 Å². The lowest BCUT2D eigenvalue weighted by Crippen LogP contribution is -2.03. The monoisotopic (exact) mass is 325 g/mol. The van der Waals surface area contributed by atoms with Gasteiger partial charge in [-0.25, -0.2) is 0 Å². The van der Waals surface area contributed by atoms with E-state index in [2.05, 4.69) is 15.9 Å². The van der Waals surface area contributed by atoms with Gasteiger partial charge in [0.2, 0.25) is 0 Å². The zero-order chi connectivity index (χ0) is 13.0. The number of halogens is 2. The summed E-state index contributed by atoms with van der Waals surface area (Å²) in [6.07, 6.45) is 0. The van der Waals surface area contributed by atoms with E-state index in [4.69, 9.17) is 22.1 Å². The smallest absolute Gasteiger partial charge is 0.138 e. The highest BCUT2D eigenvalue weighted by Crippen LogP contribution is 2.30. The van der Waals surface area contributed by atoms with Gasteiger partial charge in [0.05, 0.1) is 4.47 Å². The Morgan fingerprint density at radius 1 is 1.06 bits per heavy atom. The third-order valence-electron chi connectivity index (χ3n) is 2.60. The van der Waals surface area contributed by atoms with Crippen molar-refractivity contribution in [2.24, 2.45) is 5.73 Å². The van der Waals surface area contributed by atoms with Crippen LogP contribution in [-0.2, 0) is 13.2 Å². The van der Waals surface area contributed by atoms with E-state index in [1.807, 2.05) is 42.5 Å². The maximum Gasteiger partial charge on any atom is 0.138 e. The number of rotatable bonds is 4. The predicted octanol–water partition coefficient (Wildman–Crippen LogP) is 4.14. The molecule has 0 bridgehead atoms. The van der Waals surface area contributed by atoms with E-state index in [1.165, 1.54) is 0 Å². The minimum atomic E-state index is 0.426. The van der Waals surface area contributed by atoms with Crippen molar-refractivity contribution in [3.05, 3.63) is 63.1 Å². The molecule has 0 spiro atoms. The summed E-state index contributed by atoms with van der Waals surface area (Å²) < 4.78 is 6.71. The first kappa shape index (κ1) is 13.4. The predicted molar refractivity (Wildman–Crippen MR) is 77.8 cm³/mol. The molecule has 0 aliphatic rings. The molecule has 0 aromatic heterocycles. The van der Waals surface area contributed by atoms with Gasteiger partial charge < -0.3 is 10.5 Å². The molecule has 4 heteroatoms. The van der Waals surface area contributed by atoms with Crippen LogP contribution in [0.3, 0.4) is 0 Å². The van der Waals surface area contributed by atoms with E-state index in [0.717, 1.165) is 21.3 Å². The SMILES string of the molecule is NCc1cccc(Br)c1OCc1ccccc1Cl. The van der Waals surface area contributed by atoms with Gasteiger partial charge in [0, 0.05) is 22.7 Å². The van der Waals surface area contributed by atoms with Crippen molar-refractivity contribution in [1.82, 2.24) is 0 Å². The van der Waals surface area contributed by atoms with E-state index < -0.39 is 0 Å². The lowest BCUT2D eigenvalue weighted by molar-refractivity contribution is 0.301. The second kappa shape index (κ2) is 6.23. The number of hydrogen-bond donors (Lipinski definition) is 1. The highest BCUT2D eigenvalue weighted by molar-refractivity contribution is 9.10. The van der Waals surface area contributed by atoms with Gasteiger partial charge in [-0.15, -0.1) is 0 Å². The molecular formula is C14H13BrClNO. The number of ether oxygens (including phenoxy) is 1. The minimum Gasteiger partial charge on any atom is -0.487 e. The Hall–Kier alpha value is -1.03. The maximum atomic E-state index is 6.09. The first-order valence-electron chi connectivity index (χ1n) is 5.56. The van der Waals surface area contributed by atoms with Crippen LogP contribution in [0.25, 0.3) is 0 Å². The van der Waals surface area contributed by atoms with Crippen molar-refractivity contribution in [3.8, 4) is 5.75 Å². The van der Waals surface area contributed by atoms with Gasteiger partial charge in [-0.05, 0) is 28.1 Å². The van der Waals surface area contributed by atoms with Gasteiger partial charge in [-0.1, -0.05) is 41.9 Å². The summed E-state index contributed by atoms with van der Waals surface area (Å²) in [5.41, 5.74) is 7.62. The molecule has 2 aromatic rings. The van der Waals surface area contributed by atoms with Crippen LogP contribution >= 0.6 is 27.5 Å². The van der Waals surface area contributed by atoms with Crippen molar-refractivity contribution in [1.29, 1.82) is 0 Å². The normalized spacial score (nSPS) is 10.4. The molecule has 0 fully saturated rings. The molecule has 18 heavy (non-hydrogen) atoms. The Bertz CT molecular complexity index is 545. The molecule has 0 aliphatic carbocycles. The quantitative estimate of drug-likeness (QED) is 0.916. The number of para-hydroxylation sites is 1. The Morgan fingerprint density at radius 3 is 2.50 bits per heavy atom. The second-order valence-electron chi connectivity index (χ2n) is 3.81. The zero-order valence-corrected chi connectivity index (χ0v) is 12.0. The van der Waals surface area contributed by atoms with Crippen LogP contribution in [0.1, 0.15) is 11.1 Å². The second-order valence-corrected chi connectivity index (χ2v) is 5.07. The van der Waals surface area contributed by atoms with Crippen molar-refractivity contribution < 1.29 is 4.74 Å². The van der Waals surface area contributed by atoms with Crippen LogP contribution in [0.15, 0.2) is 46.9 Å². The van der Waals surface area contributed by atoms with Gasteiger partial charge in [0.15, 0.2) is 0 Å². The molecule has 2 nitrogen and oxygen atoms in total. The Kier molecular flexibility index (Phi) is 4.64. The molecular weight excluding hydrogens is 314 g/mol. The molecule has 0 unspecified atom stereocenters. The standard InChI is InChI=1S/C14H13BrClNO/c15-12-6-3-5-10(8-17)14(12)18-9-11-4-1-2-7-13(11)16/h1-7H,8-9,17H2. The fraction of sp³-hybridized carbons (Fsp3) is 0.143. The van der Waals surface area contributed by atoms with E-state index in [0.29, 0.717) is 18.2 Å². The van der Waals surface area contributed by atoms with Crippen molar-refractivity contribution in [2.45, 2.75) is 13.2 Å². The third-order valence-corrected chi connectivity index (χ3v) is 3.59. The maximum absolute atomic E-state index is 6.09. The molecule has 0 amide bonds. The van der Waals surface area contributed by atoms with Crippen molar-refractivity contribution >= 4 is 27.5 Å². The molecule has 0 atom stereocenters. The Labute approximate surface area is 120 Å². The lowest BCUT2D eigenvalue weighted by Gasteiger charge is -2.13. The molecule has 0 saturated carbocycles. The number of benzene rings is 2. The molecule has 2 aromatic carbocycles. The lowest BCUT2D eigenvalue weighted by atomic mass is 10.2. The summed E-state index contributed by atoms with van der Waals surface area (Å²) in [6.45, 7) is 0.868. The van der Waals surface area contributed by atoms with E-state index >= 15 is 0 Å². The zero-order valence-electron chi connectivity index (χ0n) is 9.70. The third kappa shape index (κ3) is 3.05. The number of nitrogens with two attached hydrogens (primary N) is 1. The molecule has 0 heterocycles. The van der Waals surface area contributed by atoms with Gasteiger partial charge in [-0.2, -0.15) is 0 Å². The molecule has 0 aliphatic heterocycles. The Balaban J connectivity index is 2.18. The van der Waals surface area contributed by atoms with E-state index in [9.17, 15) is 0 Å². The first-order valence-corrected chi connectivity index (χ1v) is 6.73. The average Bonchev–Trinajstić information content (AvgIpc) is 2.39. The van der Waals surface area contributed by atoms with Crippen LogP contribution in [0.5, 0.6) is 5.75 Å². The summed E-state index contributed by atoms with van der Waals surface area (Å²) in [5, 5.41) is 0.707. The Morgan fingerprint density at radius 2 is 1.78 bits per heavy atom. The highest BCUT2D eigenvalue weighted by atomic mass is 79.9. The topological polar surface area (TPSA) is 35.2 Å². The molecule has 2 rings (SSSR count). The van der Waals surface area contributed by atoms with Gasteiger partial charge in [0.1, 0.15) is 12.4 Å². The first-order chi connectivity index (χ1) is 8.72. The molecule has 2 N–H and O–H groups in total. The average molecular weight is 327 g/mol. The summed E-state index contributed by atoms with van der Waals surface area (Å²) in [4.78, 5) is 0. The van der Waals surface area contributed by atoms with Crippen LogP contribution in [0.2, 0.25) is 5.02 Å². The van der Waals surface area contributed by atoms with Gasteiger partial charge in [0.25, 0.3) is 0 Å². The van der Waals surface area contributed by atoms with Crippen molar-refractivity contribution in [2.75, 3.05) is 0 Å². The van der Waals surface area contributed by atoms with Crippen LogP contribution in [-0.4, -0.2) is 0 Å². The van der Waals surface area contributed by atoms with Crippen LogP contribution in [0, 0.1) is 0 Å². The molecule has 94 valence electrons. The van der Waals surface area contributed by atoms with E-state index in [1.54, 1.807) is 0 Å². The summed E-state index contributed by atoms with van der Waals surface area (Å²) in [7, 11) is 0.